The summed E-state index contributed by atoms with van der Waals surface area (Å²) >= 11 is 0. The van der Waals surface area contributed by atoms with Crippen LogP contribution in [0.15, 0.2) is 24.3 Å². The van der Waals surface area contributed by atoms with Gasteiger partial charge < -0.3 is 10.1 Å². The summed E-state index contributed by atoms with van der Waals surface area (Å²) in [6.07, 6.45) is 2.41. The van der Waals surface area contributed by atoms with E-state index >= 15 is 0 Å². The minimum absolute atomic E-state index is 0.0580. The van der Waals surface area contributed by atoms with Crippen LogP contribution in [0.1, 0.15) is 12.8 Å². The molecule has 0 radical (unpaired) electrons. The molecule has 0 aliphatic rings. The van der Waals surface area contributed by atoms with Crippen molar-refractivity contribution >= 4 is 20.8 Å². The van der Waals surface area contributed by atoms with Gasteiger partial charge in [-0.1, -0.05) is 0 Å². The molecule has 1 N–H and O–H groups in total. The number of carbonyl (C=O) groups is 1. The Labute approximate surface area is 92.4 Å². The first-order valence-electron chi connectivity index (χ1n) is 4.90. The molecular weight excluding hydrogens is 209 g/mol. The van der Waals surface area contributed by atoms with Crippen LogP contribution in [0, 0.1) is 0 Å². The predicted octanol–water partition coefficient (Wildman–Crippen LogP) is 2.29. The van der Waals surface area contributed by atoms with Crippen molar-refractivity contribution in [2.45, 2.75) is 12.8 Å². The van der Waals surface area contributed by atoms with E-state index in [-0.39, 0.29) is 5.91 Å². The van der Waals surface area contributed by atoms with Gasteiger partial charge in [0.1, 0.15) is 5.75 Å². The molecule has 0 bridgehead atoms. The number of anilines is 1. The van der Waals surface area contributed by atoms with Crippen LogP contribution in [0.4, 0.5) is 5.69 Å². The van der Waals surface area contributed by atoms with Gasteiger partial charge in [-0.3, -0.25) is 4.79 Å². The minimum Gasteiger partial charge on any atom is -0.497 e. The Balaban J connectivity index is 2.46. The fourth-order valence-electron chi connectivity index (χ4n) is 1.16. The molecule has 82 valence electrons. The highest BCUT2D eigenvalue weighted by Crippen LogP contribution is 2.15. The molecule has 1 aromatic rings. The summed E-state index contributed by atoms with van der Waals surface area (Å²) < 4.78 is 5.02. The first-order valence-corrected chi connectivity index (χ1v) is 5.72. The third kappa shape index (κ3) is 4.30. The molecule has 0 heterocycles. The van der Waals surface area contributed by atoms with E-state index in [1.54, 1.807) is 7.11 Å². The van der Waals surface area contributed by atoms with Crippen molar-refractivity contribution in [3.05, 3.63) is 24.3 Å². The quantitative estimate of drug-likeness (QED) is 0.781. The molecule has 0 saturated heterocycles. The number of carbonyl (C=O) groups excluding carboxylic acids is 1. The summed E-state index contributed by atoms with van der Waals surface area (Å²) in [6, 6.07) is 7.31. The predicted molar refractivity (Wildman–Crippen MR) is 65.4 cm³/mol. The van der Waals surface area contributed by atoms with Gasteiger partial charge in [-0.15, -0.1) is 9.24 Å². The first kappa shape index (κ1) is 12.0. The Morgan fingerprint density at radius 2 is 2.07 bits per heavy atom. The highest BCUT2D eigenvalue weighted by molar-refractivity contribution is 7.16. The molecule has 1 unspecified atom stereocenters. The van der Waals surface area contributed by atoms with Crippen molar-refractivity contribution in [1.29, 1.82) is 0 Å². The highest BCUT2D eigenvalue weighted by atomic mass is 31.0. The van der Waals surface area contributed by atoms with Gasteiger partial charge >= 0.3 is 0 Å². The smallest absolute Gasteiger partial charge is 0.224 e. The van der Waals surface area contributed by atoms with E-state index in [1.807, 2.05) is 24.3 Å². The van der Waals surface area contributed by atoms with Crippen molar-refractivity contribution < 1.29 is 9.53 Å². The van der Waals surface area contributed by atoms with E-state index in [2.05, 4.69) is 14.6 Å². The van der Waals surface area contributed by atoms with Crippen LogP contribution >= 0.6 is 9.24 Å². The lowest BCUT2D eigenvalue weighted by molar-refractivity contribution is -0.116. The molecule has 0 fully saturated rings. The molecule has 0 saturated carbocycles. The van der Waals surface area contributed by atoms with Crippen molar-refractivity contribution in [1.82, 2.24) is 0 Å². The zero-order valence-corrected chi connectivity index (χ0v) is 9.98. The van der Waals surface area contributed by atoms with Gasteiger partial charge in [0.25, 0.3) is 0 Å². The number of benzene rings is 1. The number of ether oxygens (including phenoxy) is 1. The lowest BCUT2D eigenvalue weighted by atomic mass is 10.2. The third-order valence-corrected chi connectivity index (χ3v) is 2.39. The monoisotopic (exact) mass is 225 g/mol. The van der Waals surface area contributed by atoms with Gasteiger partial charge in [0, 0.05) is 12.1 Å². The van der Waals surface area contributed by atoms with E-state index in [4.69, 9.17) is 4.74 Å². The standard InChI is InChI=1S/C11H16NO2P/c1-14-10-6-4-9(5-7-10)12-11(13)3-2-8-15/h4-7H,2-3,8,15H2,1H3,(H,12,13). The Hall–Kier alpha value is -1.08. The van der Waals surface area contributed by atoms with Gasteiger partial charge in [0.05, 0.1) is 7.11 Å². The molecular formula is C11H16NO2P. The maximum atomic E-state index is 11.4. The molecule has 3 nitrogen and oxygen atoms in total. The molecule has 0 aliphatic heterocycles. The molecule has 1 aromatic carbocycles. The summed E-state index contributed by atoms with van der Waals surface area (Å²) in [6.45, 7) is 0. The van der Waals surface area contributed by atoms with Crippen LogP contribution in [0.5, 0.6) is 5.75 Å². The Kier molecular flexibility index (Phi) is 5.13. The van der Waals surface area contributed by atoms with Gasteiger partial charge in [-0.05, 0) is 36.8 Å². The summed E-state index contributed by atoms with van der Waals surface area (Å²) in [5, 5.41) is 2.82. The second-order valence-corrected chi connectivity index (χ2v) is 3.75. The number of rotatable bonds is 5. The van der Waals surface area contributed by atoms with Gasteiger partial charge in [-0.2, -0.15) is 0 Å². The van der Waals surface area contributed by atoms with Crippen LogP contribution < -0.4 is 10.1 Å². The Bertz CT molecular complexity index is 311. The zero-order chi connectivity index (χ0) is 11.1. The van der Waals surface area contributed by atoms with Crippen LogP contribution in [0.2, 0.25) is 0 Å². The largest absolute Gasteiger partial charge is 0.497 e. The number of hydrogen-bond acceptors (Lipinski definition) is 2. The summed E-state index contributed by atoms with van der Waals surface area (Å²) in [4.78, 5) is 11.4. The van der Waals surface area contributed by atoms with E-state index in [1.165, 1.54) is 0 Å². The molecule has 0 spiro atoms. The van der Waals surface area contributed by atoms with Crippen molar-refractivity contribution in [3.63, 3.8) is 0 Å². The summed E-state index contributed by atoms with van der Waals surface area (Å²) in [5.74, 6) is 0.848. The average Bonchev–Trinajstić information content (AvgIpc) is 2.27. The SMILES string of the molecule is COc1ccc(NC(=O)CCCP)cc1. The van der Waals surface area contributed by atoms with Crippen LogP contribution in [0.3, 0.4) is 0 Å². The zero-order valence-electron chi connectivity index (χ0n) is 8.82. The molecule has 15 heavy (non-hydrogen) atoms. The summed E-state index contributed by atoms with van der Waals surface area (Å²) in [7, 11) is 4.23. The maximum absolute atomic E-state index is 11.4. The topological polar surface area (TPSA) is 38.3 Å². The highest BCUT2D eigenvalue weighted by Gasteiger charge is 2.01. The maximum Gasteiger partial charge on any atom is 0.224 e. The molecule has 1 rings (SSSR count). The van der Waals surface area contributed by atoms with Crippen molar-refractivity contribution in [3.8, 4) is 5.75 Å². The van der Waals surface area contributed by atoms with Crippen LogP contribution in [0.25, 0.3) is 0 Å². The number of nitrogens with one attached hydrogen (secondary N) is 1. The second-order valence-electron chi connectivity index (χ2n) is 3.17. The van der Waals surface area contributed by atoms with Crippen molar-refractivity contribution in [2.24, 2.45) is 0 Å². The average molecular weight is 225 g/mol. The number of hydrogen-bond donors (Lipinski definition) is 1. The molecule has 1 atom stereocenters. The van der Waals surface area contributed by atoms with Gasteiger partial charge in [0.15, 0.2) is 0 Å². The molecule has 0 aromatic heterocycles. The van der Waals surface area contributed by atoms with Gasteiger partial charge in [0.2, 0.25) is 5.91 Å². The lowest BCUT2D eigenvalue weighted by Crippen LogP contribution is -2.11. The fourth-order valence-corrected chi connectivity index (χ4v) is 1.36. The normalized spacial score (nSPS) is 9.73. The Morgan fingerprint density at radius 1 is 1.40 bits per heavy atom. The minimum atomic E-state index is 0.0580. The summed E-state index contributed by atoms with van der Waals surface area (Å²) in [5.41, 5.74) is 0.810. The third-order valence-electron chi connectivity index (χ3n) is 1.98. The molecule has 1 amide bonds. The van der Waals surface area contributed by atoms with Crippen LogP contribution in [-0.2, 0) is 4.79 Å². The first-order chi connectivity index (χ1) is 7.26. The van der Waals surface area contributed by atoms with Crippen LogP contribution in [-0.4, -0.2) is 19.2 Å². The van der Waals surface area contributed by atoms with Crippen molar-refractivity contribution in [2.75, 3.05) is 18.6 Å². The lowest BCUT2D eigenvalue weighted by Gasteiger charge is -2.05. The van der Waals surface area contributed by atoms with E-state index in [0.717, 1.165) is 24.0 Å². The Morgan fingerprint density at radius 3 is 2.60 bits per heavy atom. The molecule has 4 heteroatoms. The molecule has 0 aliphatic carbocycles. The van der Waals surface area contributed by atoms with Gasteiger partial charge in [-0.25, -0.2) is 0 Å². The van der Waals surface area contributed by atoms with E-state index in [9.17, 15) is 4.79 Å². The number of methoxy groups -OCH3 is 1. The second kappa shape index (κ2) is 6.41. The number of amides is 1. The van der Waals surface area contributed by atoms with E-state index < -0.39 is 0 Å². The fraction of sp³-hybridized carbons (Fsp3) is 0.364. The van der Waals surface area contributed by atoms with E-state index in [0.29, 0.717) is 6.42 Å².